The Morgan fingerprint density at radius 1 is 1.25 bits per heavy atom. The van der Waals surface area contributed by atoms with E-state index in [0.717, 1.165) is 5.02 Å². The van der Waals surface area contributed by atoms with E-state index in [1.54, 1.807) is 0 Å². The lowest BCUT2D eigenvalue weighted by molar-refractivity contribution is 0.252. The van der Waals surface area contributed by atoms with Crippen molar-refractivity contribution in [2.45, 2.75) is 50.5 Å². The summed E-state index contributed by atoms with van der Waals surface area (Å²) < 4.78 is 0. The first-order valence-electron chi connectivity index (χ1n) is 6.17. The molecular formula is C14H20ClN. The summed E-state index contributed by atoms with van der Waals surface area (Å²) in [5.41, 5.74) is 7.73. The third kappa shape index (κ3) is 2.11. The molecule has 2 N–H and O–H groups in total. The normalized spacial score (nSPS) is 21.7. The Hall–Kier alpha value is -0.530. The van der Waals surface area contributed by atoms with Gasteiger partial charge >= 0.3 is 0 Å². The number of benzene rings is 1. The molecule has 1 nitrogen and oxygen atoms in total. The summed E-state index contributed by atoms with van der Waals surface area (Å²) >= 11 is 6.09. The minimum Gasteiger partial charge on any atom is -0.327 e. The summed E-state index contributed by atoms with van der Waals surface area (Å²) in [6, 6.07) is 8.45. The Morgan fingerprint density at radius 3 is 2.50 bits per heavy atom. The van der Waals surface area contributed by atoms with Crippen LogP contribution in [0, 0.1) is 0 Å². The summed E-state index contributed by atoms with van der Waals surface area (Å²) in [5.74, 6) is 0. The van der Waals surface area contributed by atoms with Crippen LogP contribution in [-0.4, -0.2) is 6.04 Å². The Balaban J connectivity index is 2.38. The zero-order chi connectivity index (χ0) is 11.6. The highest BCUT2D eigenvalue weighted by atomic mass is 35.5. The van der Waals surface area contributed by atoms with Crippen LogP contribution >= 0.6 is 11.6 Å². The lowest BCUT2D eigenvalue weighted by atomic mass is 9.65. The van der Waals surface area contributed by atoms with Gasteiger partial charge in [-0.2, -0.15) is 0 Å². The van der Waals surface area contributed by atoms with Gasteiger partial charge in [0.2, 0.25) is 0 Å². The quantitative estimate of drug-likeness (QED) is 0.830. The van der Waals surface area contributed by atoms with Gasteiger partial charge in [0.1, 0.15) is 0 Å². The zero-order valence-corrected chi connectivity index (χ0v) is 10.6. The van der Waals surface area contributed by atoms with Crippen molar-refractivity contribution in [3.8, 4) is 0 Å². The Morgan fingerprint density at radius 2 is 1.94 bits per heavy atom. The summed E-state index contributed by atoms with van der Waals surface area (Å²) in [6.07, 6.45) is 6.31. The van der Waals surface area contributed by atoms with E-state index in [1.807, 2.05) is 12.1 Å². The molecule has 88 valence electrons. The van der Waals surface area contributed by atoms with Gasteiger partial charge in [-0.1, -0.05) is 43.0 Å². The summed E-state index contributed by atoms with van der Waals surface area (Å²) in [5, 5.41) is 0.822. The molecule has 0 amide bonds. The van der Waals surface area contributed by atoms with Crippen molar-refractivity contribution in [3.05, 3.63) is 34.9 Å². The van der Waals surface area contributed by atoms with Gasteiger partial charge in [0.15, 0.2) is 0 Å². The van der Waals surface area contributed by atoms with E-state index in [0.29, 0.717) is 0 Å². The maximum atomic E-state index is 6.24. The van der Waals surface area contributed by atoms with E-state index < -0.39 is 0 Å². The standard InChI is InChI=1S/C14H20ClN/c1-11(16)14(8-3-2-4-9-14)12-6-5-7-13(15)10-12/h5-7,10-11H,2-4,8-9,16H2,1H3. The molecule has 0 spiro atoms. The Labute approximate surface area is 103 Å². The van der Waals surface area contributed by atoms with Crippen LogP contribution in [0.5, 0.6) is 0 Å². The van der Waals surface area contributed by atoms with Crippen molar-refractivity contribution in [3.63, 3.8) is 0 Å². The first-order valence-corrected chi connectivity index (χ1v) is 6.54. The highest BCUT2D eigenvalue weighted by molar-refractivity contribution is 6.30. The van der Waals surface area contributed by atoms with Crippen LogP contribution in [0.15, 0.2) is 24.3 Å². The summed E-state index contributed by atoms with van der Waals surface area (Å²) in [4.78, 5) is 0. The van der Waals surface area contributed by atoms with Crippen LogP contribution in [0.2, 0.25) is 5.02 Å². The Bertz CT molecular complexity index is 354. The maximum absolute atomic E-state index is 6.24. The molecule has 0 radical (unpaired) electrons. The van der Waals surface area contributed by atoms with Gasteiger partial charge in [-0.05, 0) is 37.5 Å². The van der Waals surface area contributed by atoms with Gasteiger partial charge in [0.25, 0.3) is 0 Å². The van der Waals surface area contributed by atoms with Gasteiger partial charge in [-0.25, -0.2) is 0 Å². The largest absolute Gasteiger partial charge is 0.327 e. The smallest absolute Gasteiger partial charge is 0.0408 e. The van der Waals surface area contributed by atoms with E-state index >= 15 is 0 Å². The topological polar surface area (TPSA) is 26.0 Å². The second kappa shape index (κ2) is 4.77. The average molecular weight is 238 g/mol. The molecule has 0 bridgehead atoms. The molecule has 2 rings (SSSR count). The second-order valence-electron chi connectivity index (χ2n) is 5.02. The molecule has 1 aliphatic carbocycles. The van der Waals surface area contributed by atoms with Gasteiger partial charge < -0.3 is 5.73 Å². The lowest BCUT2D eigenvalue weighted by Crippen LogP contribution is -2.44. The molecule has 1 aliphatic rings. The minimum absolute atomic E-state index is 0.156. The fourth-order valence-electron chi connectivity index (χ4n) is 2.99. The molecule has 1 aromatic carbocycles. The first kappa shape index (κ1) is 11.9. The SMILES string of the molecule is CC(N)C1(c2cccc(Cl)c2)CCCCC1. The van der Waals surface area contributed by atoms with Crippen LogP contribution in [0.3, 0.4) is 0 Å². The first-order chi connectivity index (χ1) is 7.65. The molecule has 1 saturated carbocycles. The predicted molar refractivity (Wildman–Crippen MR) is 69.9 cm³/mol. The summed E-state index contributed by atoms with van der Waals surface area (Å²) in [7, 11) is 0. The van der Waals surface area contributed by atoms with Crippen molar-refractivity contribution >= 4 is 11.6 Å². The molecule has 1 atom stereocenters. The van der Waals surface area contributed by atoms with E-state index in [1.165, 1.54) is 37.7 Å². The number of nitrogens with two attached hydrogens (primary N) is 1. The lowest BCUT2D eigenvalue weighted by Gasteiger charge is -2.41. The third-order valence-electron chi connectivity index (χ3n) is 4.02. The third-order valence-corrected chi connectivity index (χ3v) is 4.25. The molecule has 0 aliphatic heterocycles. The van der Waals surface area contributed by atoms with Crippen LogP contribution < -0.4 is 5.73 Å². The molecule has 1 aromatic rings. The van der Waals surface area contributed by atoms with Gasteiger partial charge in [-0.3, -0.25) is 0 Å². The van der Waals surface area contributed by atoms with Crippen LogP contribution in [0.1, 0.15) is 44.6 Å². The second-order valence-corrected chi connectivity index (χ2v) is 5.45. The van der Waals surface area contributed by atoms with E-state index in [4.69, 9.17) is 17.3 Å². The fraction of sp³-hybridized carbons (Fsp3) is 0.571. The molecule has 1 fully saturated rings. The Kier molecular flexibility index (Phi) is 3.56. The van der Waals surface area contributed by atoms with E-state index in [2.05, 4.69) is 19.1 Å². The average Bonchev–Trinajstić information content (AvgIpc) is 2.30. The summed E-state index contributed by atoms with van der Waals surface area (Å²) in [6.45, 7) is 2.13. The van der Waals surface area contributed by atoms with Crippen molar-refractivity contribution in [1.29, 1.82) is 0 Å². The fourth-order valence-corrected chi connectivity index (χ4v) is 3.18. The van der Waals surface area contributed by atoms with Crippen molar-refractivity contribution in [2.75, 3.05) is 0 Å². The van der Waals surface area contributed by atoms with Gasteiger partial charge in [0, 0.05) is 16.5 Å². The molecule has 2 heteroatoms. The van der Waals surface area contributed by atoms with Crippen LogP contribution in [-0.2, 0) is 5.41 Å². The van der Waals surface area contributed by atoms with Crippen molar-refractivity contribution in [2.24, 2.45) is 5.73 Å². The molecule has 0 saturated heterocycles. The zero-order valence-electron chi connectivity index (χ0n) is 9.88. The van der Waals surface area contributed by atoms with Crippen LogP contribution in [0.25, 0.3) is 0 Å². The maximum Gasteiger partial charge on any atom is 0.0408 e. The number of halogens is 1. The highest BCUT2D eigenvalue weighted by Gasteiger charge is 2.37. The number of hydrogen-bond acceptors (Lipinski definition) is 1. The molecule has 16 heavy (non-hydrogen) atoms. The van der Waals surface area contributed by atoms with Crippen LogP contribution in [0.4, 0.5) is 0 Å². The molecule has 1 unspecified atom stereocenters. The molecule has 0 heterocycles. The van der Waals surface area contributed by atoms with Gasteiger partial charge in [-0.15, -0.1) is 0 Å². The number of hydrogen-bond donors (Lipinski definition) is 1. The molecule has 0 aromatic heterocycles. The van der Waals surface area contributed by atoms with E-state index in [-0.39, 0.29) is 11.5 Å². The molecular weight excluding hydrogens is 218 g/mol. The van der Waals surface area contributed by atoms with Crippen molar-refractivity contribution in [1.82, 2.24) is 0 Å². The van der Waals surface area contributed by atoms with Gasteiger partial charge in [0.05, 0.1) is 0 Å². The predicted octanol–water partition coefficient (Wildman–Crippen LogP) is 3.89. The van der Waals surface area contributed by atoms with E-state index in [9.17, 15) is 0 Å². The highest BCUT2D eigenvalue weighted by Crippen LogP contribution is 2.42. The minimum atomic E-state index is 0.156. The monoisotopic (exact) mass is 237 g/mol. The number of rotatable bonds is 2. The van der Waals surface area contributed by atoms with Crippen molar-refractivity contribution < 1.29 is 0 Å².